The molecule has 0 radical (unpaired) electrons. The van der Waals surface area contributed by atoms with Gasteiger partial charge in [0.1, 0.15) is 5.69 Å². The van der Waals surface area contributed by atoms with Crippen molar-refractivity contribution in [2.45, 2.75) is 63.8 Å². The van der Waals surface area contributed by atoms with Crippen LogP contribution in [0.15, 0.2) is 28.9 Å². The lowest BCUT2D eigenvalue weighted by molar-refractivity contribution is -0.148. The van der Waals surface area contributed by atoms with Crippen LogP contribution in [0.4, 0.5) is 0 Å². The first-order valence-corrected chi connectivity index (χ1v) is 9.89. The van der Waals surface area contributed by atoms with E-state index in [1.807, 2.05) is 6.07 Å². The Balaban J connectivity index is 1.36. The van der Waals surface area contributed by atoms with Crippen molar-refractivity contribution in [1.29, 1.82) is 0 Å². The van der Waals surface area contributed by atoms with Crippen LogP contribution in [-0.4, -0.2) is 39.6 Å². The quantitative estimate of drug-likeness (QED) is 0.729. The molecule has 2 heterocycles. The normalized spacial score (nSPS) is 15.4. The van der Waals surface area contributed by atoms with Crippen molar-refractivity contribution < 1.29 is 18.8 Å². The number of aryl methyl sites for hydroxylation is 1. The monoisotopic (exact) mass is 386 g/mol. The molecule has 1 fully saturated rings. The number of nitrogens with one attached hydrogen (secondary N) is 1. The molecule has 2 aromatic heterocycles. The second kappa shape index (κ2) is 10.5. The molecule has 0 saturated heterocycles. The topological polar surface area (TPSA) is 107 Å². The Bertz CT molecular complexity index is 755. The molecule has 150 valence electrons. The Morgan fingerprint density at radius 3 is 2.68 bits per heavy atom. The Morgan fingerprint density at radius 1 is 1.14 bits per heavy atom. The third-order valence-electron chi connectivity index (χ3n) is 4.74. The fourth-order valence-electron chi connectivity index (χ4n) is 3.25. The zero-order chi connectivity index (χ0) is 19.6. The summed E-state index contributed by atoms with van der Waals surface area (Å²) < 4.78 is 10.2. The number of carbonyl (C=O) groups excluding carboxylic acids is 2. The number of nitrogens with zero attached hydrogens (tertiary/aromatic N) is 3. The molecular formula is C20H26N4O4. The second-order valence-electron chi connectivity index (χ2n) is 7.00. The summed E-state index contributed by atoms with van der Waals surface area (Å²) in [5, 5.41) is 6.83. The van der Waals surface area contributed by atoms with Crippen molar-refractivity contribution in [3.05, 3.63) is 30.3 Å². The fourth-order valence-corrected chi connectivity index (χ4v) is 3.25. The fraction of sp³-hybridized carbons (Fsp3) is 0.550. The summed E-state index contributed by atoms with van der Waals surface area (Å²) in [6.07, 6.45) is 9.95. The molecule has 0 aromatic carbocycles. The van der Waals surface area contributed by atoms with Gasteiger partial charge in [-0.1, -0.05) is 43.3 Å². The summed E-state index contributed by atoms with van der Waals surface area (Å²) in [4.78, 5) is 32.3. The summed E-state index contributed by atoms with van der Waals surface area (Å²) in [5.74, 6) is -0.00123. The van der Waals surface area contributed by atoms with Gasteiger partial charge in [0.05, 0.1) is 6.42 Å². The van der Waals surface area contributed by atoms with E-state index in [1.165, 1.54) is 19.3 Å². The lowest BCUT2D eigenvalue weighted by Crippen LogP contribution is -2.38. The second-order valence-corrected chi connectivity index (χ2v) is 7.00. The van der Waals surface area contributed by atoms with Crippen LogP contribution in [-0.2, 0) is 20.7 Å². The largest absolute Gasteiger partial charge is 0.456 e. The molecule has 8 heteroatoms. The molecule has 0 unspecified atom stereocenters. The van der Waals surface area contributed by atoms with Crippen LogP contribution in [0.5, 0.6) is 0 Å². The molecule has 0 bridgehead atoms. The predicted octanol–water partition coefficient (Wildman–Crippen LogP) is 2.84. The number of carbonyl (C=O) groups is 2. The molecule has 3 rings (SSSR count). The van der Waals surface area contributed by atoms with Crippen LogP contribution in [0.25, 0.3) is 11.5 Å². The molecule has 1 N–H and O–H groups in total. The first-order chi connectivity index (χ1) is 13.7. The Hall–Kier alpha value is -2.77. The summed E-state index contributed by atoms with van der Waals surface area (Å²) in [5.41, 5.74) is 0.603. The van der Waals surface area contributed by atoms with E-state index in [1.54, 1.807) is 18.3 Å². The first kappa shape index (κ1) is 20.0. The van der Waals surface area contributed by atoms with Gasteiger partial charge in [0.2, 0.25) is 11.7 Å². The molecule has 1 aliphatic rings. The molecule has 0 aliphatic heterocycles. The Kier molecular flexibility index (Phi) is 7.52. The number of aromatic nitrogens is 3. The molecule has 2 aromatic rings. The predicted molar refractivity (Wildman–Crippen MR) is 101 cm³/mol. The van der Waals surface area contributed by atoms with E-state index in [-0.39, 0.29) is 31.4 Å². The van der Waals surface area contributed by atoms with Crippen molar-refractivity contribution in [3.8, 4) is 11.5 Å². The van der Waals surface area contributed by atoms with Crippen molar-refractivity contribution >= 4 is 11.9 Å². The standard InChI is InChI=1S/C20H26N4O4/c25-17(22-15-8-4-2-1-3-5-9-15)14-27-19(26)12-11-18-23-20(24-28-18)16-10-6-7-13-21-16/h6-7,10,13,15H,1-5,8-9,11-12,14H2,(H,22,25). The van der Waals surface area contributed by atoms with Crippen LogP contribution >= 0.6 is 0 Å². The lowest BCUT2D eigenvalue weighted by atomic mass is 9.97. The highest BCUT2D eigenvalue weighted by Crippen LogP contribution is 2.17. The number of hydrogen-bond acceptors (Lipinski definition) is 7. The average Bonchev–Trinajstić information content (AvgIpc) is 3.16. The van der Waals surface area contributed by atoms with E-state index < -0.39 is 5.97 Å². The minimum Gasteiger partial charge on any atom is -0.456 e. The van der Waals surface area contributed by atoms with Gasteiger partial charge in [-0.2, -0.15) is 4.98 Å². The van der Waals surface area contributed by atoms with Gasteiger partial charge in [0, 0.05) is 18.7 Å². The maximum Gasteiger partial charge on any atom is 0.306 e. The SMILES string of the molecule is O=C(COC(=O)CCc1nc(-c2ccccn2)no1)NC1CCCCCCC1. The molecule has 28 heavy (non-hydrogen) atoms. The number of pyridine rings is 1. The first-order valence-electron chi connectivity index (χ1n) is 9.89. The van der Waals surface area contributed by atoms with Gasteiger partial charge < -0.3 is 14.6 Å². The van der Waals surface area contributed by atoms with Gasteiger partial charge in [-0.05, 0) is 25.0 Å². The zero-order valence-electron chi connectivity index (χ0n) is 15.9. The third kappa shape index (κ3) is 6.44. The smallest absolute Gasteiger partial charge is 0.306 e. The van der Waals surface area contributed by atoms with E-state index in [0.29, 0.717) is 17.4 Å². The summed E-state index contributed by atoms with van der Waals surface area (Å²) in [7, 11) is 0. The van der Waals surface area contributed by atoms with Crippen molar-refractivity contribution in [2.24, 2.45) is 0 Å². The van der Waals surface area contributed by atoms with Gasteiger partial charge in [0.25, 0.3) is 5.91 Å². The van der Waals surface area contributed by atoms with Crippen LogP contribution in [0.1, 0.15) is 57.3 Å². The van der Waals surface area contributed by atoms with Crippen LogP contribution in [0, 0.1) is 0 Å². The highest BCUT2D eigenvalue weighted by molar-refractivity contribution is 5.80. The van der Waals surface area contributed by atoms with E-state index in [9.17, 15) is 9.59 Å². The van der Waals surface area contributed by atoms with Crippen LogP contribution < -0.4 is 5.32 Å². The number of esters is 1. The minimum atomic E-state index is -0.467. The molecule has 1 saturated carbocycles. The van der Waals surface area contributed by atoms with Crippen molar-refractivity contribution in [2.75, 3.05) is 6.61 Å². The number of rotatable bonds is 7. The van der Waals surface area contributed by atoms with Gasteiger partial charge in [-0.25, -0.2) is 0 Å². The molecule has 0 atom stereocenters. The van der Waals surface area contributed by atoms with Gasteiger partial charge >= 0.3 is 5.97 Å². The average molecular weight is 386 g/mol. The van der Waals surface area contributed by atoms with Crippen molar-refractivity contribution in [1.82, 2.24) is 20.4 Å². The number of ether oxygens (including phenoxy) is 1. The maximum atomic E-state index is 12.0. The molecular weight excluding hydrogens is 360 g/mol. The van der Waals surface area contributed by atoms with E-state index in [4.69, 9.17) is 9.26 Å². The zero-order valence-corrected chi connectivity index (χ0v) is 15.9. The van der Waals surface area contributed by atoms with Crippen LogP contribution in [0.2, 0.25) is 0 Å². The summed E-state index contributed by atoms with van der Waals surface area (Å²) >= 11 is 0. The number of amides is 1. The highest BCUT2D eigenvalue weighted by Gasteiger charge is 2.16. The molecule has 8 nitrogen and oxygen atoms in total. The lowest BCUT2D eigenvalue weighted by Gasteiger charge is -2.20. The van der Waals surface area contributed by atoms with E-state index in [2.05, 4.69) is 20.4 Å². The third-order valence-corrected chi connectivity index (χ3v) is 4.74. The van der Waals surface area contributed by atoms with Gasteiger partial charge in [-0.15, -0.1) is 0 Å². The maximum absolute atomic E-state index is 12.0. The highest BCUT2D eigenvalue weighted by atomic mass is 16.5. The number of hydrogen-bond donors (Lipinski definition) is 1. The van der Waals surface area contributed by atoms with Gasteiger partial charge in [0.15, 0.2) is 6.61 Å². The van der Waals surface area contributed by atoms with E-state index in [0.717, 1.165) is 25.7 Å². The van der Waals surface area contributed by atoms with Crippen molar-refractivity contribution in [3.63, 3.8) is 0 Å². The Labute approximate surface area is 164 Å². The van der Waals surface area contributed by atoms with Crippen LogP contribution in [0.3, 0.4) is 0 Å². The molecule has 0 spiro atoms. The summed E-state index contributed by atoms with van der Waals surface area (Å²) in [6.45, 7) is -0.252. The molecule has 1 amide bonds. The molecule has 1 aliphatic carbocycles. The minimum absolute atomic E-state index is 0.0700. The summed E-state index contributed by atoms with van der Waals surface area (Å²) in [6, 6.07) is 5.60. The van der Waals surface area contributed by atoms with Gasteiger partial charge in [-0.3, -0.25) is 14.6 Å². The van der Waals surface area contributed by atoms with E-state index >= 15 is 0 Å². The Morgan fingerprint density at radius 2 is 1.93 bits per heavy atom.